The number of nitro benzene ring substituents is 1. The minimum atomic E-state index is -3.65. The molecule has 8 rings (SSSR count). The number of fused-ring (bicyclic) bond motifs is 4. The van der Waals surface area contributed by atoms with Crippen LogP contribution in [0.2, 0.25) is 18.6 Å². The highest BCUT2D eigenvalue weighted by atomic mass is 28.4. The SMILES string of the molecule is C[C@@H]1[C@@H]([Si](C)(C)F)[C@H](CC(=O)N2CCC[C@H]2CO)O[C@@]12C(=O)N(Cc1cccc(N3C(=O)c4ccccc4Oc4ccccc43)c1)c1ccc([N+](=O)[O-])cc12. The van der Waals surface area contributed by atoms with Crippen LogP contribution in [0.25, 0.3) is 0 Å². The minimum Gasteiger partial charge on any atom is -0.454 e. The Hall–Kier alpha value is -5.44. The summed E-state index contributed by atoms with van der Waals surface area (Å²) in [4.78, 5) is 59.1. The number of para-hydroxylation sites is 3. The number of hydrogen-bond donors (Lipinski definition) is 1. The average Bonchev–Trinajstić information content (AvgIpc) is 3.80. The van der Waals surface area contributed by atoms with Gasteiger partial charge in [-0.15, -0.1) is 0 Å². The van der Waals surface area contributed by atoms with Gasteiger partial charge in [-0.2, -0.15) is 0 Å². The summed E-state index contributed by atoms with van der Waals surface area (Å²) in [6.45, 7) is 5.08. The fourth-order valence-corrected chi connectivity index (χ4v) is 11.7. The zero-order valence-corrected chi connectivity index (χ0v) is 31.7. The van der Waals surface area contributed by atoms with E-state index in [0.29, 0.717) is 52.7 Å². The molecule has 0 radical (unpaired) electrons. The number of nitrogens with zero attached hydrogens (tertiary/aromatic N) is 4. The van der Waals surface area contributed by atoms with Crippen LogP contribution in [0.1, 0.15) is 47.7 Å². The Morgan fingerprint density at radius 3 is 2.49 bits per heavy atom. The van der Waals surface area contributed by atoms with E-state index in [1.807, 2.05) is 18.2 Å². The van der Waals surface area contributed by atoms with Crippen molar-refractivity contribution in [2.75, 3.05) is 23.0 Å². The molecule has 4 aromatic rings. The molecule has 5 atom stereocenters. The minimum absolute atomic E-state index is 0.00272. The Morgan fingerprint density at radius 2 is 1.75 bits per heavy atom. The van der Waals surface area contributed by atoms with Crippen molar-refractivity contribution in [3.8, 4) is 11.5 Å². The lowest BCUT2D eigenvalue weighted by Gasteiger charge is -2.31. The number of aliphatic hydroxyl groups is 1. The molecule has 1 N–H and O–H groups in total. The van der Waals surface area contributed by atoms with E-state index in [-0.39, 0.29) is 48.7 Å². The molecule has 14 heteroatoms. The van der Waals surface area contributed by atoms with Crippen LogP contribution in [-0.2, 0) is 26.5 Å². The fourth-order valence-electron chi connectivity index (χ4n) is 9.19. The number of hydrogen-bond acceptors (Lipinski definition) is 8. The van der Waals surface area contributed by atoms with Crippen molar-refractivity contribution in [1.29, 1.82) is 0 Å². The molecule has 1 spiro atoms. The molecule has 2 fully saturated rings. The Bertz CT molecular complexity index is 2230. The molecule has 0 aliphatic carbocycles. The predicted molar refractivity (Wildman–Crippen MR) is 205 cm³/mol. The number of ether oxygens (including phenoxy) is 2. The number of carbonyl (C=O) groups excluding carboxylic acids is 3. The highest BCUT2D eigenvalue weighted by Gasteiger charge is 2.67. The highest BCUT2D eigenvalue weighted by Crippen LogP contribution is 2.61. The lowest BCUT2D eigenvalue weighted by molar-refractivity contribution is -0.385. The molecule has 4 aliphatic heterocycles. The van der Waals surface area contributed by atoms with E-state index in [2.05, 4.69) is 0 Å². The largest absolute Gasteiger partial charge is 0.454 e. The van der Waals surface area contributed by atoms with Gasteiger partial charge in [0.1, 0.15) is 5.75 Å². The van der Waals surface area contributed by atoms with Gasteiger partial charge in [-0.3, -0.25) is 29.4 Å². The third kappa shape index (κ3) is 5.99. The van der Waals surface area contributed by atoms with Gasteiger partial charge in [0.15, 0.2) is 11.4 Å². The zero-order valence-electron chi connectivity index (χ0n) is 30.7. The number of aliphatic hydroxyl groups excluding tert-OH is 1. The molecular weight excluding hydrogens is 724 g/mol. The molecule has 0 unspecified atom stereocenters. The summed E-state index contributed by atoms with van der Waals surface area (Å²) in [6.07, 6.45) is 0.228. The second-order valence-corrected chi connectivity index (χ2v) is 19.1. The van der Waals surface area contributed by atoms with Gasteiger partial charge in [0.25, 0.3) is 17.5 Å². The first-order valence-corrected chi connectivity index (χ1v) is 21.5. The van der Waals surface area contributed by atoms with Crippen LogP contribution < -0.4 is 14.5 Å². The van der Waals surface area contributed by atoms with Gasteiger partial charge in [0, 0.05) is 41.4 Å². The van der Waals surface area contributed by atoms with E-state index in [9.17, 15) is 24.8 Å². The van der Waals surface area contributed by atoms with Gasteiger partial charge in [-0.25, -0.2) is 0 Å². The van der Waals surface area contributed by atoms with Crippen molar-refractivity contribution in [3.05, 3.63) is 118 Å². The van der Waals surface area contributed by atoms with Gasteiger partial charge >= 0.3 is 0 Å². The number of amides is 3. The lowest BCUT2D eigenvalue weighted by atomic mass is 9.82. The van der Waals surface area contributed by atoms with Crippen LogP contribution in [-0.4, -0.2) is 66.4 Å². The van der Waals surface area contributed by atoms with Crippen molar-refractivity contribution in [2.24, 2.45) is 5.92 Å². The monoisotopic (exact) mass is 764 g/mol. The van der Waals surface area contributed by atoms with E-state index in [1.54, 1.807) is 71.3 Å². The summed E-state index contributed by atoms with van der Waals surface area (Å²) in [5.74, 6) is -0.959. The molecule has 4 aromatic carbocycles. The van der Waals surface area contributed by atoms with Crippen LogP contribution in [0.3, 0.4) is 0 Å². The molecule has 0 bridgehead atoms. The maximum absolute atomic E-state index is 16.5. The summed E-state index contributed by atoms with van der Waals surface area (Å²) in [5, 5.41) is 22.0. The van der Waals surface area contributed by atoms with Gasteiger partial charge in [0.2, 0.25) is 14.3 Å². The molecule has 3 amide bonds. The number of anilines is 3. The average molecular weight is 765 g/mol. The third-order valence-corrected chi connectivity index (χ3v) is 14.1. The number of nitro groups is 1. The molecule has 4 aliphatic rings. The third-order valence-electron chi connectivity index (χ3n) is 11.6. The molecule has 0 aromatic heterocycles. The Balaban J connectivity index is 1.17. The van der Waals surface area contributed by atoms with E-state index >= 15 is 8.90 Å². The topological polar surface area (TPSA) is 143 Å². The summed E-state index contributed by atoms with van der Waals surface area (Å²) >= 11 is 0. The highest BCUT2D eigenvalue weighted by molar-refractivity contribution is 6.72. The normalized spacial score (nSPS) is 24.4. The number of rotatable bonds is 8. The number of benzene rings is 4. The molecule has 0 saturated carbocycles. The van der Waals surface area contributed by atoms with Crippen LogP contribution >= 0.6 is 0 Å². The van der Waals surface area contributed by atoms with E-state index in [1.165, 1.54) is 36.2 Å². The van der Waals surface area contributed by atoms with Gasteiger partial charge in [-0.05, 0) is 74.0 Å². The molecule has 2 saturated heterocycles. The number of non-ortho nitro benzene ring substituents is 1. The molecule has 55 heavy (non-hydrogen) atoms. The molecule has 284 valence electrons. The molecule has 12 nitrogen and oxygen atoms in total. The van der Waals surface area contributed by atoms with Crippen molar-refractivity contribution < 1.29 is 38.0 Å². The van der Waals surface area contributed by atoms with Gasteiger partial charge in [-0.1, -0.05) is 43.3 Å². The number of halogens is 1. The zero-order chi connectivity index (χ0) is 38.8. The van der Waals surface area contributed by atoms with Crippen molar-refractivity contribution >= 4 is 48.9 Å². The summed E-state index contributed by atoms with van der Waals surface area (Å²) in [6, 6.07) is 25.3. The Morgan fingerprint density at radius 1 is 1.00 bits per heavy atom. The Kier molecular flexibility index (Phi) is 9.09. The summed E-state index contributed by atoms with van der Waals surface area (Å²) < 4.78 is 29.4. The van der Waals surface area contributed by atoms with E-state index < -0.39 is 42.4 Å². The second kappa shape index (κ2) is 13.7. The number of carbonyl (C=O) groups is 3. The van der Waals surface area contributed by atoms with Gasteiger partial charge in [0.05, 0.1) is 53.6 Å². The van der Waals surface area contributed by atoms with Crippen LogP contribution in [0.4, 0.5) is 26.9 Å². The van der Waals surface area contributed by atoms with Crippen LogP contribution in [0.15, 0.2) is 91.0 Å². The van der Waals surface area contributed by atoms with Gasteiger partial charge < -0.3 is 28.5 Å². The summed E-state index contributed by atoms with van der Waals surface area (Å²) in [5.41, 5.74) is -0.121. The molecule has 4 heterocycles. The first-order valence-electron chi connectivity index (χ1n) is 18.5. The molecular formula is C41H41FN4O8Si. The predicted octanol–water partition coefficient (Wildman–Crippen LogP) is 7.37. The van der Waals surface area contributed by atoms with Crippen molar-refractivity contribution in [1.82, 2.24) is 4.90 Å². The van der Waals surface area contributed by atoms with E-state index in [4.69, 9.17) is 9.47 Å². The first kappa shape index (κ1) is 36.5. The first-order chi connectivity index (χ1) is 26.3. The van der Waals surface area contributed by atoms with Crippen molar-refractivity contribution in [3.63, 3.8) is 0 Å². The van der Waals surface area contributed by atoms with E-state index in [0.717, 1.165) is 6.42 Å². The number of likely N-dealkylation sites (tertiary alicyclic amines) is 1. The van der Waals surface area contributed by atoms with Crippen LogP contribution in [0.5, 0.6) is 11.5 Å². The smallest absolute Gasteiger partial charge is 0.269 e. The second-order valence-electron chi connectivity index (χ2n) is 15.3. The summed E-state index contributed by atoms with van der Waals surface area (Å²) in [7, 11) is -3.65. The lowest BCUT2D eigenvalue weighted by Crippen LogP contribution is -2.45. The maximum atomic E-state index is 16.5. The Labute approximate surface area is 318 Å². The quantitative estimate of drug-likeness (QED) is 0.0848. The standard InChI is InChI=1S/C41H41FN4O8Si/c1-25-38(55(2,3)42)36(22-37(48)43-19-9-12-29(43)24-47)54-41(25)31-21-28(46(51)52)17-18-32(31)44(40(41)50)23-26-10-8-11-27(20-26)45-33-14-5-7-16-35(33)53-34-15-6-4-13-30(34)39(45)49/h4-8,10-11,13-18,20-21,25,29,36,38,47H,9,12,19,22-24H2,1-3H3/t25-,29+,36+,38-,41+/m1/s1. The fraction of sp³-hybridized carbons (Fsp3) is 0.341. The van der Waals surface area contributed by atoms with Crippen LogP contribution in [0, 0.1) is 16.0 Å². The maximum Gasteiger partial charge on any atom is 0.269 e. The van der Waals surface area contributed by atoms with Crippen molar-refractivity contribution in [2.45, 2.75) is 69.1 Å².